The summed E-state index contributed by atoms with van der Waals surface area (Å²) < 4.78 is 0. The molecule has 16 heavy (non-hydrogen) atoms. The number of hydrogen-bond acceptors (Lipinski definition) is 4. The lowest BCUT2D eigenvalue weighted by Crippen LogP contribution is -2.33. The maximum atomic E-state index is 11.3. The first-order valence-corrected chi connectivity index (χ1v) is 5.29. The predicted molar refractivity (Wildman–Crippen MR) is 65.3 cm³/mol. The zero-order chi connectivity index (χ0) is 12.3. The van der Waals surface area contributed by atoms with Crippen LogP contribution in [-0.2, 0) is 0 Å². The summed E-state index contributed by atoms with van der Waals surface area (Å²) in [5, 5.41) is 0. The van der Waals surface area contributed by atoms with Gasteiger partial charge in [0, 0.05) is 12.6 Å². The van der Waals surface area contributed by atoms with E-state index in [-0.39, 0.29) is 6.04 Å². The van der Waals surface area contributed by atoms with E-state index in [1.54, 1.807) is 6.07 Å². The molecule has 0 spiro atoms. The van der Waals surface area contributed by atoms with E-state index in [4.69, 9.17) is 11.5 Å². The lowest BCUT2D eigenvalue weighted by atomic mass is 10.2. The van der Waals surface area contributed by atoms with Gasteiger partial charge in [0.1, 0.15) is 5.82 Å². The second-order valence-corrected chi connectivity index (χ2v) is 3.88. The van der Waals surface area contributed by atoms with Crippen molar-refractivity contribution >= 4 is 17.4 Å². The van der Waals surface area contributed by atoms with Crippen LogP contribution in [-0.4, -0.2) is 23.5 Å². The third-order valence-electron chi connectivity index (χ3n) is 2.39. The number of nitrogens with zero attached hydrogens (tertiary/aromatic N) is 2. The average Bonchev–Trinajstić information content (AvgIpc) is 2.20. The Kier molecular flexibility index (Phi) is 3.71. The third-order valence-corrected chi connectivity index (χ3v) is 2.39. The molecule has 1 rings (SSSR count). The van der Waals surface area contributed by atoms with E-state index >= 15 is 0 Å². The van der Waals surface area contributed by atoms with Crippen molar-refractivity contribution in [3.8, 4) is 0 Å². The molecule has 0 aromatic carbocycles. The van der Waals surface area contributed by atoms with Crippen molar-refractivity contribution in [1.82, 2.24) is 4.98 Å². The van der Waals surface area contributed by atoms with Gasteiger partial charge in [0.15, 0.2) is 0 Å². The molecule has 1 aromatic rings. The molecule has 0 atom stereocenters. The average molecular weight is 222 g/mol. The van der Waals surface area contributed by atoms with Crippen molar-refractivity contribution in [2.75, 3.05) is 17.2 Å². The fraction of sp³-hybridized carbons (Fsp3) is 0.455. The Hall–Kier alpha value is -1.78. The first-order chi connectivity index (χ1) is 7.47. The van der Waals surface area contributed by atoms with E-state index < -0.39 is 5.91 Å². The van der Waals surface area contributed by atoms with Crippen LogP contribution in [0.1, 0.15) is 31.1 Å². The molecule has 1 amide bonds. The van der Waals surface area contributed by atoms with E-state index in [2.05, 4.69) is 4.98 Å². The van der Waals surface area contributed by atoms with Gasteiger partial charge >= 0.3 is 0 Å². The highest BCUT2D eigenvalue weighted by Gasteiger charge is 2.17. The van der Waals surface area contributed by atoms with Gasteiger partial charge in [-0.15, -0.1) is 0 Å². The zero-order valence-corrected chi connectivity index (χ0v) is 9.90. The fourth-order valence-corrected chi connectivity index (χ4v) is 1.64. The van der Waals surface area contributed by atoms with Gasteiger partial charge in [0.05, 0.1) is 17.4 Å². The number of aromatic nitrogens is 1. The van der Waals surface area contributed by atoms with Gasteiger partial charge in [-0.05, 0) is 26.8 Å². The van der Waals surface area contributed by atoms with Gasteiger partial charge in [-0.3, -0.25) is 4.79 Å². The van der Waals surface area contributed by atoms with Crippen molar-refractivity contribution in [2.24, 2.45) is 5.73 Å². The zero-order valence-electron chi connectivity index (χ0n) is 9.90. The molecule has 1 heterocycles. The van der Waals surface area contributed by atoms with Crippen LogP contribution in [0.3, 0.4) is 0 Å². The van der Waals surface area contributed by atoms with E-state index in [0.717, 1.165) is 6.54 Å². The third kappa shape index (κ3) is 2.42. The largest absolute Gasteiger partial charge is 0.397 e. The molecule has 0 unspecified atom stereocenters. The van der Waals surface area contributed by atoms with E-state index in [1.807, 2.05) is 25.7 Å². The Morgan fingerprint density at radius 1 is 1.56 bits per heavy atom. The second kappa shape index (κ2) is 4.83. The maximum absolute atomic E-state index is 11.3. The van der Waals surface area contributed by atoms with E-state index in [0.29, 0.717) is 17.1 Å². The summed E-state index contributed by atoms with van der Waals surface area (Å²) in [5.74, 6) is 0.0908. The first kappa shape index (κ1) is 12.3. The molecule has 0 radical (unpaired) electrons. The number of primary amides is 1. The lowest BCUT2D eigenvalue weighted by molar-refractivity contribution is 0.100. The van der Waals surface area contributed by atoms with Gasteiger partial charge in [-0.25, -0.2) is 4.98 Å². The van der Waals surface area contributed by atoms with Gasteiger partial charge in [0.25, 0.3) is 5.91 Å². The van der Waals surface area contributed by atoms with Crippen LogP contribution in [0, 0.1) is 0 Å². The minimum absolute atomic E-state index is 0.249. The number of nitrogen functional groups attached to an aromatic ring is 1. The van der Waals surface area contributed by atoms with Crippen molar-refractivity contribution in [3.63, 3.8) is 0 Å². The van der Waals surface area contributed by atoms with Gasteiger partial charge in [-0.1, -0.05) is 0 Å². The Bertz CT molecular complexity index is 390. The molecule has 0 aliphatic heterocycles. The monoisotopic (exact) mass is 222 g/mol. The van der Waals surface area contributed by atoms with Crippen LogP contribution in [0.4, 0.5) is 11.5 Å². The van der Waals surface area contributed by atoms with Crippen LogP contribution in [0.2, 0.25) is 0 Å². The van der Waals surface area contributed by atoms with E-state index in [9.17, 15) is 4.79 Å². The van der Waals surface area contributed by atoms with Crippen molar-refractivity contribution < 1.29 is 4.79 Å². The Morgan fingerprint density at radius 3 is 2.62 bits per heavy atom. The van der Waals surface area contributed by atoms with Gasteiger partial charge < -0.3 is 16.4 Å². The molecule has 1 aromatic heterocycles. The quantitative estimate of drug-likeness (QED) is 0.795. The van der Waals surface area contributed by atoms with Crippen molar-refractivity contribution in [2.45, 2.75) is 26.8 Å². The Labute approximate surface area is 95.4 Å². The lowest BCUT2D eigenvalue weighted by Gasteiger charge is -2.27. The number of rotatable bonds is 4. The van der Waals surface area contributed by atoms with Gasteiger partial charge in [0.2, 0.25) is 0 Å². The minimum Gasteiger partial charge on any atom is -0.397 e. The number of carbonyl (C=O) groups excluding carboxylic acids is 1. The molecule has 0 bridgehead atoms. The summed E-state index contributed by atoms with van der Waals surface area (Å²) in [4.78, 5) is 17.5. The Balaban J connectivity index is 3.26. The van der Waals surface area contributed by atoms with Crippen LogP contribution in [0.15, 0.2) is 12.3 Å². The van der Waals surface area contributed by atoms with Crippen molar-refractivity contribution in [3.05, 3.63) is 17.8 Å². The Morgan fingerprint density at radius 2 is 2.19 bits per heavy atom. The SMILES string of the molecule is CCN(c1ncc(N)cc1C(N)=O)C(C)C. The molecule has 0 saturated heterocycles. The number of pyridine rings is 1. The molecular formula is C11H18N4O. The van der Waals surface area contributed by atoms with E-state index in [1.165, 1.54) is 6.20 Å². The second-order valence-electron chi connectivity index (χ2n) is 3.88. The van der Waals surface area contributed by atoms with Crippen LogP contribution in [0.5, 0.6) is 0 Å². The van der Waals surface area contributed by atoms with Crippen LogP contribution < -0.4 is 16.4 Å². The van der Waals surface area contributed by atoms with Crippen molar-refractivity contribution in [1.29, 1.82) is 0 Å². The molecule has 88 valence electrons. The highest BCUT2D eigenvalue weighted by Crippen LogP contribution is 2.21. The molecule has 0 aliphatic carbocycles. The molecule has 4 N–H and O–H groups in total. The topological polar surface area (TPSA) is 85.2 Å². The summed E-state index contributed by atoms with van der Waals surface area (Å²) in [5.41, 5.74) is 11.7. The highest BCUT2D eigenvalue weighted by atomic mass is 16.1. The molecule has 0 aliphatic rings. The standard InChI is InChI=1S/C11H18N4O/c1-4-15(7(2)3)11-9(10(13)16)5-8(12)6-14-11/h5-7H,4,12H2,1-3H3,(H2,13,16). The predicted octanol–water partition coefficient (Wildman–Crippen LogP) is 0.997. The highest BCUT2D eigenvalue weighted by molar-refractivity contribution is 5.98. The summed E-state index contributed by atoms with van der Waals surface area (Å²) in [6.07, 6.45) is 1.53. The number of nitrogens with two attached hydrogens (primary N) is 2. The summed E-state index contributed by atoms with van der Waals surface area (Å²) in [7, 11) is 0. The number of amides is 1. The maximum Gasteiger partial charge on any atom is 0.252 e. The molecule has 5 heteroatoms. The molecule has 0 fully saturated rings. The molecule has 0 saturated carbocycles. The normalized spacial score (nSPS) is 10.5. The number of carbonyl (C=O) groups is 1. The summed E-state index contributed by atoms with van der Waals surface area (Å²) >= 11 is 0. The van der Waals surface area contributed by atoms with Crippen LogP contribution >= 0.6 is 0 Å². The molecule has 5 nitrogen and oxygen atoms in total. The number of anilines is 2. The summed E-state index contributed by atoms with van der Waals surface area (Å²) in [6, 6.07) is 1.81. The minimum atomic E-state index is -0.506. The number of hydrogen-bond donors (Lipinski definition) is 2. The smallest absolute Gasteiger partial charge is 0.252 e. The van der Waals surface area contributed by atoms with Gasteiger partial charge in [-0.2, -0.15) is 0 Å². The van der Waals surface area contributed by atoms with Crippen LogP contribution in [0.25, 0.3) is 0 Å². The fourth-order valence-electron chi connectivity index (χ4n) is 1.64. The first-order valence-electron chi connectivity index (χ1n) is 5.29. The molecular weight excluding hydrogens is 204 g/mol. The summed E-state index contributed by atoms with van der Waals surface area (Å²) in [6.45, 7) is 6.83.